The van der Waals surface area contributed by atoms with Crippen LogP contribution in [0.3, 0.4) is 0 Å². The zero-order valence-corrected chi connectivity index (χ0v) is 17.9. The van der Waals surface area contributed by atoms with Gasteiger partial charge in [0.25, 0.3) is 0 Å². The molecule has 0 aliphatic carbocycles. The molecule has 2 saturated heterocycles. The number of carbonyl (C=O) groups is 2. The predicted octanol–water partition coefficient (Wildman–Crippen LogP) is 3.41. The number of morpholine rings is 1. The largest absolute Gasteiger partial charge is 0.415 e. The van der Waals surface area contributed by atoms with E-state index in [1.54, 1.807) is 23.1 Å². The van der Waals surface area contributed by atoms with Gasteiger partial charge >= 0.3 is 6.09 Å². The number of hydrogen-bond acceptors (Lipinski definition) is 6. The second-order valence-corrected chi connectivity index (χ2v) is 8.44. The average molecular weight is 421 g/mol. The lowest BCUT2D eigenvalue weighted by atomic mass is 9.80. The van der Waals surface area contributed by atoms with Gasteiger partial charge < -0.3 is 19.3 Å². The quantitative estimate of drug-likeness (QED) is 0.708. The Morgan fingerprint density at radius 1 is 1.10 bits per heavy atom. The van der Waals surface area contributed by atoms with E-state index in [1.807, 2.05) is 50.2 Å². The molecule has 2 aliphatic heterocycles. The van der Waals surface area contributed by atoms with E-state index in [1.165, 1.54) is 0 Å². The van der Waals surface area contributed by atoms with Crippen molar-refractivity contribution in [2.24, 2.45) is 5.41 Å². The van der Waals surface area contributed by atoms with E-state index < -0.39 is 11.5 Å². The van der Waals surface area contributed by atoms with Gasteiger partial charge in [-0.1, -0.05) is 38.1 Å². The van der Waals surface area contributed by atoms with E-state index in [-0.39, 0.29) is 12.3 Å². The highest BCUT2D eigenvalue weighted by Gasteiger charge is 2.40. The molecule has 31 heavy (non-hydrogen) atoms. The first kappa shape index (κ1) is 21.1. The molecule has 162 valence electrons. The molecule has 1 amide bonds. The maximum Gasteiger partial charge on any atom is 0.415 e. The topological polar surface area (TPSA) is 72.0 Å². The summed E-state index contributed by atoms with van der Waals surface area (Å²) in [7, 11) is 0. The van der Waals surface area contributed by atoms with Gasteiger partial charge in [-0.05, 0) is 30.3 Å². The van der Waals surface area contributed by atoms with Crippen molar-refractivity contribution in [3.8, 4) is 5.75 Å². The highest BCUT2D eigenvalue weighted by Crippen LogP contribution is 2.30. The zero-order valence-electron chi connectivity index (χ0n) is 17.9. The molecular weight excluding hydrogens is 394 g/mol. The van der Waals surface area contributed by atoms with Gasteiger partial charge in [0.05, 0.1) is 25.5 Å². The lowest BCUT2D eigenvalue weighted by Crippen LogP contribution is -2.50. The van der Waals surface area contributed by atoms with Gasteiger partial charge in [0.1, 0.15) is 11.6 Å². The molecule has 0 atom stereocenters. The van der Waals surface area contributed by atoms with Crippen molar-refractivity contribution in [3.05, 3.63) is 59.8 Å². The number of piperidine rings is 1. The van der Waals surface area contributed by atoms with Crippen molar-refractivity contribution in [1.82, 2.24) is 9.88 Å². The Morgan fingerprint density at radius 2 is 1.84 bits per heavy atom. The Labute approximate surface area is 182 Å². The van der Waals surface area contributed by atoms with Gasteiger partial charge in [0.15, 0.2) is 5.78 Å². The van der Waals surface area contributed by atoms with Gasteiger partial charge in [-0.15, -0.1) is 0 Å². The Kier molecular flexibility index (Phi) is 6.04. The number of carbonyl (C=O) groups excluding carboxylic acids is 2. The SMILES string of the molecule is CC1(C)CN(C(=O)Oc2ccccc2)C/C(=C/c2cccc(N3CCOCC3)n2)C1=O. The summed E-state index contributed by atoms with van der Waals surface area (Å²) in [5, 5.41) is 0. The molecule has 3 heterocycles. The molecule has 1 aromatic carbocycles. The molecule has 0 N–H and O–H groups in total. The summed E-state index contributed by atoms with van der Waals surface area (Å²) in [6.45, 7) is 7.13. The molecule has 7 nitrogen and oxygen atoms in total. The minimum absolute atomic E-state index is 0.0230. The van der Waals surface area contributed by atoms with Gasteiger partial charge in [-0.2, -0.15) is 0 Å². The van der Waals surface area contributed by atoms with Crippen molar-refractivity contribution in [2.75, 3.05) is 44.3 Å². The number of anilines is 1. The molecule has 0 radical (unpaired) electrons. The Morgan fingerprint density at radius 3 is 2.58 bits per heavy atom. The van der Waals surface area contributed by atoms with Crippen LogP contribution in [0.15, 0.2) is 54.1 Å². The standard InChI is InChI=1S/C24H27N3O4/c1-24(2)17-27(23(29)31-20-8-4-3-5-9-20)16-18(22(24)28)15-19-7-6-10-21(25-19)26-11-13-30-14-12-26/h3-10,15H,11-14,16-17H2,1-2H3/b18-15-. The number of amides is 1. The third kappa shape index (κ3) is 4.94. The van der Waals surface area contributed by atoms with Crippen LogP contribution >= 0.6 is 0 Å². The molecule has 2 aliphatic rings. The second kappa shape index (κ2) is 8.89. The second-order valence-electron chi connectivity index (χ2n) is 8.44. The van der Waals surface area contributed by atoms with E-state index in [0.29, 0.717) is 36.8 Å². The summed E-state index contributed by atoms with van der Waals surface area (Å²) < 4.78 is 10.9. The summed E-state index contributed by atoms with van der Waals surface area (Å²) in [6.07, 6.45) is 1.32. The fourth-order valence-electron chi connectivity index (χ4n) is 3.88. The fraction of sp³-hybridized carbons (Fsp3) is 0.375. The van der Waals surface area contributed by atoms with Crippen LogP contribution in [-0.4, -0.2) is 61.2 Å². The Bertz CT molecular complexity index is 981. The van der Waals surface area contributed by atoms with Crippen molar-refractivity contribution < 1.29 is 19.1 Å². The molecule has 2 fully saturated rings. The molecule has 1 aromatic heterocycles. The summed E-state index contributed by atoms with van der Waals surface area (Å²) in [5.41, 5.74) is 0.538. The third-order valence-electron chi connectivity index (χ3n) is 5.47. The zero-order chi connectivity index (χ0) is 21.8. The monoisotopic (exact) mass is 421 g/mol. The number of ether oxygens (including phenoxy) is 2. The summed E-state index contributed by atoms with van der Waals surface area (Å²) in [5.74, 6) is 1.36. The first-order chi connectivity index (χ1) is 14.9. The Hall–Kier alpha value is -3.19. The van der Waals surface area contributed by atoms with Crippen molar-refractivity contribution in [3.63, 3.8) is 0 Å². The van der Waals surface area contributed by atoms with Crippen LogP contribution in [0.4, 0.5) is 10.6 Å². The molecule has 0 saturated carbocycles. The number of ketones is 1. The van der Waals surface area contributed by atoms with Crippen LogP contribution in [0.25, 0.3) is 6.08 Å². The van der Waals surface area contributed by atoms with Crippen molar-refractivity contribution in [2.45, 2.75) is 13.8 Å². The van der Waals surface area contributed by atoms with Crippen LogP contribution < -0.4 is 9.64 Å². The smallest absolute Gasteiger partial charge is 0.410 e. The lowest BCUT2D eigenvalue weighted by molar-refractivity contribution is -0.125. The number of hydrogen-bond donors (Lipinski definition) is 0. The third-order valence-corrected chi connectivity index (χ3v) is 5.47. The highest BCUT2D eigenvalue weighted by atomic mass is 16.6. The molecule has 2 aromatic rings. The lowest BCUT2D eigenvalue weighted by Gasteiger charge is -2.37. The predicted molar refractivity (Wildman–Crippen MR) is 118 cm³/mol. The van der Waals surface area contributed by atoms with Crippen LogP contribution in [-0.2, 0) is 9.53 Å². The van der Waals surface area contributed by atoms with E-state index in [2.05, 4.69) is 4.90 Å². The number of Topliss-reactive ketones (excluding diaryl/α,β-unsaturated/α-hetero) is 1. The van der Waals surface area contributed by atoms with Crippen LogP contribution in [0.1, 0.15) is 19.5 Å². The molecular formula is C24H27N3O4. The molecule has 4 rings (SSSR count). The van der Waals surface area contributed by atoms with Crippen LogP contribution in [0.2, 0.25) is 0 Å². The van der Waals surface area contributed by atoms with Gasteiger partial charge in [0, 0.05) is 30.6 Å². The number of para-hydroxylation sites is 1. The van der Waals surface area contributed by atoms with Crippen LogP contribution in [0.5, 0.6) is 5.75 Å². The molecule has 7 heteroatoms. The van der Waals surface area contributed by atoms with E-state index >= 15 is 0 Å². The first-order valence-electron chi connectivity index (χ1n) is 10.5. The number of nitrogens with zero attached hydrogens (tertiary/aromatic N) is 3. The number of rotatable bonds is 3. The van der Waals surface area contributed by atoms with E-state index in [4.69, 9.17) is 14.5 Å². The van der Waals surface area contributed by atoms with Crippen LogP contribution in [0, 0.1) is 5.41 Å². The van der Waals surface area contributed by atoms with Gasteiger partial charge in [-0.25, -0.2) is 9.78 Å². The minimum atomic E-state index is -0.707. The average Bonchev–Trinajstić information content (AvgIpc) is 2.78. The highest BCUT2D eigenvalue weighted by molar-refractivity contribution is 6.05. The fourth-order valence-corrected chi connectivity index (χ4v) is 3.88. The maximum atomic E-state index is 13.1. The number of benzene rings is 1. The maximum absolute atomic E-state index is 13.1. The van der Waals surface area contributed by atoms with Crippen molar-refractivity contribution >= 4 is 23.8 Å². The van der Waals surface area contributed by atoms with Crippen molar-refractivity contribution in [1.29, 1.82) is 0 Å². The minimum Gasteiger partial charge on any atom is -0.410 e. The van der Waals surface area contributed by atoms with Gasteiger partial charge in [0.2, 0.25) is 0 Å². The number of likely N-dealkylation sites (tertiary alicyclic amines) is 1. The van der Waals surface area contributed by atoms with E-state index in [9.17, 15) is 9.59 Å². The van der Waals surface area contributed by atoms with Gasteiger partial charge in [-0.3, -0.25) is 4.79 Å². The summed E-state index contributed by atoms with van der Waals surface area (Å²) >= 11 is 0. The summed E-state index contributed by atoms with van der Waals surface area (Å²) in [4.78, 5) is 34.3. The first-order valence-corrected chi connectivity index (χ1v) is 10.5. The molecule has 0 spiro atoms. The summed E-state index contributed by atoms with van der Waals surface area (Å²) in [6, 6.07) is 14.7. The normalized spacial score (nSPS) is 20.1. The molecule has 0 unspecified atom stereocenters. The molecule has 0 bridgehead atoms. The Balaban J connectivity index is 1.55. The number of pyridine rings is 1. The van der Waals surface area contributed by atoms with E-state index in [0.717, 1.165) is 18.9 Å². The number of aromatic nitrogens is 1.